The SMILES string of the molecule is C#C[C@@]1(C(=O)OC(C)(C)CCC(C)(C)O)CCc2c(C)c(O)c(C)c(C)c2O1. The van der Waals surface area contributed by atoms with Crippen LogP contribution in [0.15, 0.2) is 0 Å². The largest absolute Gasteiger partial charge is 0.507 e. The number of terminal acetylenes is 1. The van der Waals surface area contributed by atoms with Crippen molar-refractivity contribution in [2.45, 2.75) is 91.0 Å². The highest BCUT2D eigenvalue weighted by molar-refractivity contribution is 5.85. The highest BCUT2D eigenvalue weighted by Crippen LogP contribution is 2.44. The Morgan fingerprint density at radius 3 is 2.32 bits per heavy atom. The number of esters is 1. The summed E-state index contributed by atoms with van der Waals surface area (Å²) >= 11 is 0. The first-order chi connectivity index (χ1) is 12.7. The lowest BCUT2D eigenvalue weighted by Crippen LogP contribution is -2.50. The fraction of sp³-hybridized carbons (Fsp3) is 0.609. The summed E-state index contributed by atoms with van der Waals surface area (Å²) in [6, 6.07) is 0. The van der Waals surface area contributed by atoms with Gasteiger partial charge in [-0.15, -0.1) is 6.42 Å². The first-order valence-corrected chi connectivity index (χ1v) is 9.67. The Hall–Kier alpha value is -2.19. The Morgan fingerprint density at radius 2 is 1.79 bits per heavy atom. The van der Waals surface area contributed by atoms with Gasteiger partial charge in [0.25, 0.3) is 5.60 Å². The summed E-state index contributed by atoms with van der Waals surface area (Å²) in [6.07, 6.45) is 7.51. The fourth-order valence-corrected chi connectivity index (χ4v) is 3.43. The molecule has 0 bridgehead atoms. The fourth-order valence-electron chi connectivity index (χ4n) is 3.43. The van der Waals surface area contributed by atoms with Gasteiger partial charge in [-0.25, -0.2) is 4.79 Å². The van der Waals surface area contributed by atoms with Crippen LogP contribution < -0.4 is 4.74 Å². The number of aliphatic hydroxyl groups is 1. The maximum atomic E-state index is 13.0. The molecule has 0 aliphatic carbocycles. The minimum Gasteiger partial charge on any atom is -0.507 e. The van der Waals surface area contributed by atoms with Crippen LogP contribution in [0.5, 0.6) is 11.5 Å². The van der Waals surface area contributed by atoms with Crippen molar-refractivity contribution in [1.82, 2.24) is 0 Å². The van der Waals surface area contributed by atoms with E-state index in [4.69, 9.17) is 15.9 Å². The van der Waals surface area contributed by atoms with Gasteiger partial charge in [-0.1, -0.05) is 0 Å². The van der Waals surface area contributed by atoms with Crippen molar-refractivity contribution in [1.29, 1.82) is 0 Å². The number of rotatable bonds is 5. The van der Waals surface area contributed by atoms with E-state index in [1.165, 1.54) is 0 Å². The van der Waals surface area contributed by atoms with Crippen LogP contribution in [0.3, 0.4) is 0 Å². The van der Waals surface area contributed by atoms with E-state index in [1.807, 2.05) is 20.8 Å². The van der Waals surface area contributed by atoms with Crippen molar-refractivity contribution in [3.05, 3.63) is 22.3 Å². The third kappa shape index (κ3) is 4.28. The zero-order valence-electron chi connectivity index (χ0n) is 18.0. The van der Waals surface area contributed by atoms with Gasteiger partial charge in [0.1, 0.15) is 17.1 Å². The quantitative estimate of drug-likeness (QED) is 0.591. The van der Waals surface area contributed by atoms with Crippen LogP contribution in [-0.2, 0) is 16.0 Å². The van der Waals surface area contributed by atoms with Crippen LogP contribution in [0.2, 0.25) is 0 Å². The number of aromatic hydroxyl groups is 1. The molecule has 0 amide bonds. The Morgan fingerprint density at radius 1 is 1.18 bits per heavy atom. The van der Waals surface area contributed by atoms with E-state index in [0.717, 1.165) is 16.7 Å². The molecule has 1 aliphatic rings. The first-order valence-electron chi connectivity index (χ1n) is 9.67. The average Bonchev–Trinajstić information content (AvgIpc) is 2.61. The number of ether oxygens (including phenoxy) is 2. The molecule has 1 aromatic carbocycles. The van der Waals surface area contributed by atoms with Crippen molar-refractivity contribution >= 4 is 5.97 Å². The van der Waals surface area contributed by atoms with Gasteiger partial charge in [0.2, 0.25) is 0 Å². The van der Waals surface area contributed by atoms with E-state index >= 15 is 0 Å². The smallest absolute Gasteiger partial charge is 0.364 e. The zero-order valence-corrected chi connectivity index (χ0v) is 18.0. The lowest BCUT2D eigenvalue weighted by Gasteiger charge is -2.37. The summed E-state index contributed by atoms with van der Waals surface area (Å²) in [5, 5.41) is 20.3. The van der Waals surface area contributed by atoms with Crippen molar-refractivity contribution in [2.24, 2.45) is 0 Å². The van der Waals surface area contributed by atoms with Crippen LogP contribution in [0.1, 0.15) is 69.2 Å². The molecule has 5 nitrogen and oxygen atoms in total. The van der Waals surface area contributed by atoms with Gasteiger partial charge in [-0.3, -0.25) is 0 Å². The predicted octanol–water partition coefficient (Wildman–Crippen LogP) is 3.89. The van der Waals surface area contributed by atoms with Crippen LogP contribution in [0, 0.1) is 33.1 Å². The molecule has 1 aliphatic heterocycles. The number of carbonyl (C=O) groups excluding carboxylic acids is 1. The number of benzene rings is 1. The Labute approximate surface area is 168 Å². The van der Waals surface area contributed by atoms with E-state index in [9.17, 15) is 15.0 Å². The van der Waals surface area contributed by atoms with E-state index in [0.29, 0.717) is 30.6 Å². The van der Waals surface area contributed by atoms with Crippen LogP contribution in [0.25, 0.3) is 0 Å². The summed E-state index contributed by atoms with van der Waals surface area (Å²) in [5.41, 5.74) is -0.0280. The van der Waals surface area contributed by atoms with Crippen molar-refractivity contribution < 1.29 is 24.5 Å². The van der Waals surface area contributed by atoms with E-state index < -0.39 is 22.8 Å². The number of fused-ring (bicyclic) bond motifs is 1. The highest BCUT2D eigenvalue weighted by atomic mass is 16.6. The van der Waals surface area contributed by atoms with E-state index in [-0.39, 0.29) is 12.2 Å². The van der Waals surface area contributed by atoms with Gasteiger partial charge < -0.3 is 19.7 Å². The molecule has 1 aromatic rings. The van der Waals surface area contributed by atoms with E-state index in [2.05, 4.69) is 5.92 Å². The third-order valence-corrected chi connectivity index (χ3v) is 5.61. The first kappa shape index (κ1) is 22.1. The molecule has 0 aromatic heterocycles. The van der Waals surface area contributed by atoms with Gasteiger partial charge in [0.05, 0.1) is 5.60 Å². The number of phenolic OH excluding ortho intramolecular Hbond substituents is 1. The topological polar surface area (TPSA) is 76.0 Å². The second-order valence-corrected chi connectivity index (χ2v) is 9.07. The van der Waals surface area contributed by atoms with Crippen LogP contribution >= 0.6 is 0 Å². The third-order valence-electron chi connectivity index (χ3n) is 5.61. The Balaban J connectivity index is 2.31. The summed E-state index contributed by atoms with van der Waals surface area (Å²) in [5.74, 6) is 2.74. The molecule has 2 rings (SSSR count). The normalized spacial score (nSPS) is 19.4. The van der Waals surface area contributed by atoms with Gasteiger partial charge in [-0.05, 0) is 90.3 Å². The molecule has 0 radical (unpaired) electrons. The lowest BCUT2D eigenvalue weighted by molar-refractivity contribution is -0.173. The number of phenols is 1. The highest BCUT2D eigenvalue weighted by Gasteiger charge is 2.47. The second-order valence-electron chi connectivity index (χ2n) is 9.07. The van der Waals surface area contributed by atoms with E-state index in [1.54, 1.807) is 27.7 Å². The average molecular weight is 389 g/mol. The number of hydrogen-bond donors (Lipinski definition) is 2. The molecule has 2 N–H and O–H groups in total. The van der Waals surface area contributed by atoms with Gasteiger partial charge >= 0.3 is 5.97 Å². The molecular formula is C23H32O5. The van der Waals surface area contributed by atoms with Crippen molar-refractivity contribution in [2.75, 3.05) is 0 Å². The minimum atomic E-state index is -1.50. The van der Waals surface area contributed by atoms with Crippen LogP contribution in [0.4, 0.5) is 0 Å². The second kappa shape index (κ2) is 7.33. The molecular weight excluding hydrogens is 356 g/mol. The molecule has 0 saturated carbocycles. The van der Waals surface area contributed by atoms with Gasteiger partial charge in [-0.2, -0.15) is 0 Å². The zero-order chi connectivity index (χ0) is 21.5. The number of hydrogen-bond acceptors (Lipinski definition) is 5. The molecule has 28 heavy (non-hydrogen) atoms. The monoisotopic (exact) mass is 388 g/mol. The molecule has 0 fully saturated rings. The van der Waals surface area contributed by atoms with Crippen molar-refractivity contribution in [3.63, 3.8) is 0 Å². The maximum Gasteiger partial charge on any atom is 0.364 e. The predicted molar refractivity (Wildman–Crippen MR) is 109 cm³/mol. The summed E-state index contributed by atoms with van der Waals surface area (Å²) in [6.45, 7) is 12.5. The summed E-state index contributed by atoms with van der Waals surface area (Å²) in [4.78, 5) is 13.0. The minimum absolute atomic E-state index is 0.253. The molecule has 1 heterocycles. The molecule has 154 valence electrons. The summed E-state index contributed by atoms with van der Waals surface area (Å²) in [7, 11) is 0. The van der Waals surface area contributed by atoms with Gasteiger partial charge in [0.15, 0.2) is 0 Å². The molecule has 0 saturated heterocycles. The standard InChI is InChI=1S/C23H32O5/c1-9-23(20(25)28-22(7,8)13-12-21(5,6)26)11-10-17-16(4)18(24)14(2)15(3)19(17)27-23/h1,24,26H,10-13H2,2-8H3/t23-/m0/s1. The molecule has 0 unspecified atom stereocenters. The Kier molecular flexibility index (Phi) is 5.78. The molecule has 0 spiro atoms. The Bertz CT molecular complexity index is 823. The molecule has 5 heteroatoms. The lowest BCUT2D eigenvalue weighted by atomic mass is 9.86. The number of carbonyl (C=O) groups is 1. The maximum absolute atomic E-state index is 13.0. The van der Waals surface area contributed by atoms with Gasteiger partial charge in [0, 0.05) is 12.0 Å². The molecule has 1 atom stereocenters. The van der Waals surface area contributed by atoms with Crippen LogP contribution in [-0.4, -0.2) is 33.0 Å². The summed E-state index contributed by atoms with van der Waals surface area (Å²) < 4.78 is 11.8. The van der Waals surface area contributed by atoms with Crippen molar-refractivity contribution in [3.8, 4) is 23.8 Å².